The van der Waals surface area contributed by atoms with Crippen molar-refractivity contribution < 1.29 is 27.8 Å². The van der Waals surface area contributed by atoms with Gasteiger partial charge in [-0.2, -0.15) is 0 Å². The molecule has 0 amide bonds. The molecule has 26 heavy (non-hydrogen) atoms. The highest BCUT2D eigenvalue weighted by Gasteiger charge is 2.19. The normalized spacial score (nSPS) is 11.7. The molecule has 0 saturated heterocycles. The van der Waals surface area contributed by atoms with Crippen LogP contribution in [0.5, 0.6) is 5.75 Å². The Hall–Kier alpha value is -2.13. The summed E-state index contributed by atoms with van der Waals surface area (Å²) in [7, 11) is 0. The van der Waals surface area contributed by atoms with E-state index in [4.69, 9.17) is 30.4 Å². The van der Waals surface area contributed by atoms with Crippen molar-refractivity contribution in [2.45, 2.75) is 13.5 Å². The third kappa shape index (κ3) is 5.99. The molecule has 9 heteroatoms. The van der Waals surface area contributed by atoms with Gasteiger partial charge in [-0.05, 0) is 24.6 Å². The Morgan fingerprint density at radius 1 is 1.27 bits per heavy atom. The number of hydrogen-bond acceptors (Lipinski definition) is 5. The van der Waals surface area contributed by atoms with Crippen LogP contribution in [0.2, 0.25) is 5.02 Å². The lowest BCUT2D eigenvalue weighted by Gasteiger charge is -2.14. The molecule has 2 rings (SSSR count). The van der Waals surface area contributed by atoms with E-state index >= 15 is 0 Å². The van der Waals surface area contributed by atoms with Crippen LogP contribution >= 0.6 is 11.6 Å². The first-order valence-electron chi connectivity index (χ1n) is 7.64. The molecule has 0 saturated carbocycles. The molecular weight excluding hydrogens is 382 g/mol. The Morgan fingerprint density at radius 3 is 2.65 bits per heavy atom. The second-order valence-corrected chi connectivity index (χ2v) is 6.11. The summed E-state index contributed by atoms with van der Waals surface area (Å²) in [6.45, 7) is 2.01. The first-order valence-corrected chi connectivity index (χ1v) is 9.12. The summed E-state index contributed by atoms with van der Waals surface area (Å²) in [5.74, 6) is -0.590. The molecule has 0 heterocycles. The molecule has 0 aromatic heterocycles. The molecule has 1 unspecified atom stereocenters. The first-order chi connectivity index (χ1) is 12.5. The van der Waals surface area contributed by atoms with Crippen molar-refractivity contribution in [2.24, 2.45) is 0 Å². The second kappa shape index (κ2) is 10.1. The molecule has 0 fully saturated rings. The van der Waals surface area contributed by atoms with Gasteiger partial charge in [-0.1, -0.05) is 41.9 Å². The lowest BCUT2D eigenvalue weighted by atomic mass is 10.2. The van der Waals surface area contributed by atoms with Gasteiger partial charge in [0.2, 0.25) is 0 Å². The fraction of sp³-hybridized carbons (Fsp3) is 0.235. The number of esters is 1. The molecule has 7 nitrogen and oxygen atoms in total. The van der Waals surface area contributed by atoms with E-state index in [-0.39, 0.29) is 35.4 Å². The lowest BCUT2D eigenvalue weighted by molar-refractivity contribution is 0.00405. The number of anilines is 1. The molecule has 0 aliphatic heterocycles. The van der Waals surface area contributed by atoms with Gasteiger partial charge in [-0.15, -0.1) is 0 Å². The fourth-order valence-electron chi connectivity index (χ4n) is 2.09. The minimum Gasteiger partial charge on any atom is -0.465 e. The summed E-state index contributed by atoms with van der Waals surface area (Å²) in [5.41, 5.74) is 1.17. The van der Waals surface area contributed by atoms with E-state index in [0.717, 1.165) is 5.56 Å². The van der Waals surface area contributed by atoms with E-state index in [2.05, 4.69) is 4.72 Å². The highest BCUT2D eigenvalue weighted by molar-refractivity contribution is 7.80. The second-order valence-electron chi connectivity index (χ2n) is 5.00. The zero-order valence-corrected chi connectivity index (χ0v) is 15.5. The third-order valence-corrected chi connectivity index (χ3v) is 3.83. The summed E-state index contributed by atoms with van der Waals surface area (Å²) in [5, 5.41) is 0.0758. The van der Waals surface area contributed by atoms with E-state index in [9.17, 15) is 9.00 Å². The molecule has 140 valence electrons. The largest absolute Gasteiger partial charge is 0.465 e. The van der Waals surface area contributed by atoms with Crippen molar-refractivity contribution in [1.82, 2.24) is 0 Å². The number of halogens is 1. The van der Waals surface area contributed by atoms with Gasteiger partial charge < -0.3 is 14.2 Å². The summed E-state index contributed by atoms with van der Waals surface area (Å²) < 4.78 is 38.0. The number of nitrogens with one attached hydrogen (secondary N) is 1. The number of rotatable bonds is 9. The molecule has 2 aromatic carbocycles. The van der Waals surface area contributed by atoms with Crippen LogP contribution in [0.4, 0.5) is 5.69 Å². The lowest BCUT2D eigenvalue weighted by Crippen LogP contribution is -2.12. The van der Waals surface area contributed by atoms with Crippen LogP contribution < -0.4 is 9.46 Å². The monoisotopic (exact) mass is 399 g/mol. The minimum atomic E-state index is -2.31. The van der Waals surface area contributed by atoms with Crippen molar-refractivity contribution in [3.8, 4) is 5.75 Å². The van der Waals surface area contributed by atoms with Gasteiger partial charge >= 0.3 is 5.97 Å². The van der Waals surface area contributed by atoms with Crippen molar-refractivity contribution in [2.75, 3.05) is 18.1 Å². The molecule has 1 atom stereocenters. The van der Waals surface area contributed by atoms with Gasteiger partial charge in [0.25, 0.3) is 11.3 Å². The molecule has 2 aromatic rings. The Morgan fingerprint density at radius 2 is 2.00 bits per heavy atom. The van der Waals surface area contributed by atoms with Gasteiger partial charge in [0.15, 0.2) is 12.5 Å². The van der Waals surface area contributed by atoms with E-state index in [1.165, 1.54) is 12.1 Å². The predicted octanol–water partition coefficient (Wildman–Crippen LogP) is 3.62. The van der Waals surface area contributed by atoms with Crippen LogP contribution in [0.15, 0.2) is 42.5 Å². The molecular formula is C17H18ClNO6S. The topological polar surface area (TPSA) is 94.1 Å². The molecule has 0 radical (unpaired) electrons. The van der Waals surface area contributed by atoms with Gasteiger partial charge in [0.05, 0.1) is 23.9 Å². The van der Waals surface area contributed by atoms with Crippen LogP contribution in [-0.2, 0) is 27.3 Å². The van der Waals surface area contributed by atoms with Crippen molar-refractivity contribution in [3.05, 3.63) is 58.6 Å². The SMILES string of the molecule is CCOC(=O)c1cc(NS(=O)O)cc(Cl)c1OCOCc1ccccc1. The van der Waals surface area contributed by atoms with E-state index in [0.29, 0.717) is 6.61 Å². The summed E-state index contributed by atoms with van der Waals surface area (Å²) in [4.78, 5) is 12.1. The molecule has 0 aliphatic carbocycles. The summed E-state index contributed by atoms with van der Waals surface area (Å²) in [6, 6.07) is 12.2. The predicted molar refractivity (Wildman–Crippen MR) is 98.5 cm³/mol. The first kappa shape index (κ1) is 20.2. The summed E-state index contributed by atoms with van der Waals surface area (Å²) in [6.07, 6.45) is 0. The van der Waals surface area contributed by atoms with Gasteiger partial charge in [0.1, 0.15) is 5.56 Å². The zero-order chi connectivity index (χ0) is 18.9. The quantitative estimate of drug-likeness (QED) is 0.289. The van der Waals surface area contributed by atoms with E-state index < -0.39 is 17.2 Å². The van der Waals surface area contributed by atoms with E-state index in [1.807, 2.05) is 30.3 Å². The summed E-state index contributed by atoms with van der Waals surface area (Å²) >= 11 is 3.84. The Balaban J connectivity index is 2.11. The average molecular weight is 400 g/mol. The maximum Gasteiger partial charge on any atom is 0.342 e. The van der Waals surface area contributed by atoms with Crippen LogP contribution in [0.1, 0.15) is 22.8 Å². The van der Waals surface area contributed by atoms with Crippen LogP contribution in [0.25, 0.3) is 0 Å². The zero-order valence-electron chi connectivity index (χ0n) is 13.9. The highest BCUT2D eigenvalue weighted by atomic mass is 35.5. The van der Waals surface area contributed by atoms with Crippen LogP contribution in [0, 0.1) is 0 Å². The van der Waals surface area contributed by atoms with Crippen molar-refractivity contribution in [3.63, 3.8) is 0 Å². The van der Waals surface area contributed by atoms with Crippen molar-refractivity contribution >= 4 is 34.5 Å². The number of carbonyl (C=O) groups is 1. The third-order valence-electron chi connectivity index (χ3n) is 3.14. The smallest absolute Gasteiger partial charge is 0.342 e. The Bertz CT molecular complexity index is 771. The minimum absolute atomic E-state index is 0.0237. The highest BCUT2D eigenvalue weighted by Crippen LogP contribution is 2.33. The number of ether oxygens (including phenoxy) is 3. The number of hydrogen-bond donors (Lipinski definition) is 2. The average Bonchev–Trinajstić information content (AvgIpc) is 2.60. The van der Waals surface area contributed by atoms with Gasteiger partial charge in [-0.3, -0.25) is 9.27 Å². The fourth-order valence-corrected chi connectivity index (χ4v) is 2.69. The molecule has 2 N–H and O–H groups in total. The van der Waals surface area contributed by atoms with Gasteiger partial charge in [0, 0.05) is 0 Å². The Labute approximate surface area is 158 Å². The van der Waals surface area contributed by atoms with Crippen molar-refractivity contribution in [1.29, 1.82) is 0 Å². The molecule has 0 spiro atoms. The maximum atomic E-state index is 12.1. The van der Waals surface area contributed by atoms with E-state index in [1.54, 1.807) is 6.92 Å². The molecule has 0 aliphatic rings. The van der Waals surface area contributed by atoms with Crippen LogP contribution in [0.3, 0.4) is 0 Å². The maximum absolute atomic E-state index is 12.1. The standard InChI is InChI=1S/C17H18ClNO6S/c1-2-24-17(20)14-8-13(19-26(21)22)9-15(18)16(14)25-11-23-10-12-6-4-3-5-7-12/h3-9,19H,2,10-11H2,1H3,(H,21,22). The number of benzene rings is 2. The number of carbonyl (C=O) groups excluding carboxylic acids is 1. The Kier molecular flexibility index (Phi) is 7.86. The van der Waals surface area contributed by atoms with Crippen LogP contribution in [-0.4, -0.2) is 28.1 Å². The van der Waals surface area contributed by atoms with Gasteiger partial charge in [-0.25, -0.2) is 9.00 Å². The molecule has 0 bridgehead atoms.